The lowest BCUT2D eigenvalue weighted by Crippen LogP contribution is -2.53. The standard InChI is InChI=1S/C24H25N5OS/c30-22(12-16-8-11-31-15-16)29-14-17-4-1-2-10-28(17)24-21(29)13-26-23(27-24)19-5-3-6-20-18(19)7-9-25-20/h3,5-9,11,13,15,17-18,20,25H,1-2,4,10,12,14H2. The van der Waals surface area contributed by atoms with Gasteiger partial charge in [0.15, 0.2) is 11.6 Å². The Morgan fingerprint density at radius 1 is 1.29 bits per heavy atom. The lowest BCUT2D eigenvalue weighted by atomic mass is 9.88. The van der Waals surface area contributed by atoms with Gasteiger partial charge in [0.2, 0.25) is 5.91 Å². The third kappa shape index (κ3) is 3.28. The van der Waals surface area contributed by atoms with Crippen LogP contribution < -0.4 is 15.1 Å². The number of nitrogens with zero attached hydrogens (tertiary/aromatic N) is 4. The smallest absolute Gasteiger partial charge is 0.231 e. The summed E-state index contributed by atoms with van der Waals surface area (Å²) in [6, 6.07) is 2.63. The van der Waals surface area contributed by atoms with Crippen molar-refractivity contribution < 1.29 is 4.79 Å². The minimum atomic E-state index is 0.129. The number of hydrogen-bond acceptors (Lipinski definition) is 6. The summed E-state index contributed by atoms with van der Waals surface area (Å²) in [6.07, 6.45) is 16.4. The van der Waals surface area contributed by atoms with Gasteiger partial charge in [-0.15, -0.1) is 0 Å². The van der Waals surface area contributed by atoms with Crippen LogP contribution in [0.3, 0.4) is 0 Å². The summed E-state index contributed by atoms with van der Waals surface area (Å²) in [5, 5.41) is 7.46. The predicted octanol–water partition coefficient (Wildman–Crippen LogP) is 3.54. The van der Waals surface area contributed by atoms with E-state index < -0.39 is 0 Å². The zero-order valence-corrected chi connectivity index (χ0v) is 18.1. The highest BCUT2D eigenvalue weighted by Crippen LogP contribution is 2.39. The van der Waals surface area contributed by atoms with Crippen molar-refractivity contribution in [1.82, 2.24) is 15.3 Å². The molecule has 0 radical (unpaired) electrons. The zero-order valence-electron chi connectivity index (χ0n) is 17.3. The Morgan fingerprint density at radius 3 is 3.16 bits per heavy atom. The normalized spacial score (nSPS) is 26.1. The molecule has 0 spiro atoms. The Hall–Kier alpha value is -2.93. The maximum atomic E-state index is 13.3. The molecule has 0 aromatic carbocycles. The minimum Gasteiger partial charge on any atom is -0.384 e. The maximum Gasteiger partial charge on any atom is 0.231 e. The first-order chi connectivity index (χ1) is 15.3. The van der Waals surface area contributed by atoms with Gasteiger partial charge in [-0.2, -0.15) is 11.3 Å². The van der Waals surface area contributed by atoms with Crippen molar-refractivity contribution in [3.05, 3.63) is 64.9 Å². The number of rotatable bonds is 3. The molecule has 0 saturated carbocycles. The molecule has 5 heterocycles. The number of thiophene rings is 1. The predicted molar refractivity (Wildman–Crippen MR) is 124 cm³/mol. The van der Waals surface area contributed by atoms with E-state index in [9.17, 15) is 4.79 Å². The molecule has 1 N–H and O–H groups in total. The van der Waals surface area contributed by atoms with Crippen molar-refractivity contribution >= 4 is 34.3 Å². The van der Waals surface area contributed by atoms with E-state index in [0.717, 1.165) is 48.0 Å². The summed E-state index contributed by atoms with van der Waals surface area (Å²) in [4.78, 5) is 27.4. The molecular weight excluding hydrogens is 406 g/mol. The van der Waals surface area contributed by atoms with Crippen molar-refractivity contribution in [3.8, 4) is 0 Å². The zero-order chi connectivity index (χ0) is 20.8. The number of nitrogens with one attached hydrogen (secondary N) is 1. The van der Waals surface area contributed by atoms with Gasteiger partial charge in [-0.1, -0.05) is 24.3 Å². The minimum absolute atomic E-state index is 0.129. The maximum absolute atomic E-state index is 13.3. The number of carbonyl (C=O) groups is 1. The van der Waals surface area contributed by atoms with E-state index in [1.807, 2.05) is 28.7 Å². The fraction of sp³-hybridized carbons (Fsp3) is 0.375. The van der Waals surface area contributed by atoms with Crippen LogP contribution in [-0.4, -0.2) is 41.0 Å². The number of allylic oxidation sites excluding steroid dienone is 2. The fourth-order valence-electron chi connectivity index (χ4n) is 5.16. The van der Waals surface area contributed by atoms with Crippen molar-refractivity contribution in [1.29, 1.82) is 0 Å². The van der Waals surface area contributed by atoms with Crippen LogP contribution in [0.1, 0.15) is 30.7 Å². The second-order valence-corrected chi connectivity index (χ2v) is 9.42. The summed E-state index contributed by atoms with van der Waals surface area (Å²) >= 11 is 1.63. The molecule has 3 unspecified atom stereocenters. The number of carbonyl (C=O) groups excluding carboxylic acids is 1. The van der Waals surface area contributed by atoms with E-state index in [0.29, 0.717) is 12.5 Å². The topological polar surface area (TPSA) is 61.4 Å². The van der Waals surface area contributed by atoms with Gasteiger partial charge in [0.25, 0.3) is 0 Å². The number of piperidine rings is 1. The monoisotopic (exact) mass is 431 g/mol. The second kappa shape index (κ2) is 7.64. The van der Waals surface area contributed by atoms with Gasteiger partial charge in [-0.3, -0.25) is 4.79 Å². The average Bonchev–Trinajstić information content (AvgIpc) is 3.50. The molecule has 2 aromatic rings. The molecule has 31 heavy (non-hydrogen) atoms. The van der Waals surface area contributed by atoms with E-state index in [1.54, 1.807) is 11.3 Å². The molecule has 3 aliphatic heterocycles. The molecule has 6 rings (SSSR count). The number of anilines is 2. The average molecular weight is 432 g/mol. The van der Waals surface area contributed by atoms with Crippen LogP contribution in [0.2, 0.25) is 0 Å². The van der Waals surface area contributed by atoms with E-state index in [-0.39, 0.29) is 17.9 Å². The summed E-state index contributed by atoms with van der Waals surface area (Å²) in [5.41, 5.74) is 3.06. The third-order valence-electron chi connectivity index (χ3n) is 6.76. The van der Waals surface area contributed by atoms with Crippen molar-refractivity contribution in [2.75, 3.05) is 22.9 Å². The van der Waals surface area contributed by atoms with Crippen LogP contribution in [0.4, 0.5) is 11.5 Å². The van der Waals surface area contributed by atoms with Crippen molar-refractivity contribution in [2.45, 2.75) is 37.8 Å². The van der Waals surface area contributed by atoms with Crippen LogP contribution >= 0.6 is 11.3 Å². The Kier molecular flexibility index (Phi) is 4.64. The highest BCUT2D eigenvalue weighted by molar-refractivity contribution is 7.08. The highest BCUT2D eigenvalue weighted by Gasteiger charge is 2.37. The third-order valence-corrected chi connectivity index (χ3v) is 7.49. The molecule has 4 aliphatic rings. The van der Waals surface area contributed by atoms with Gasteiger partial charge in [-0.05, 0) is 47.9 Å². The Morgan fingerprint density at radius 2 is 2.26 bits per heavy atom. The number of aromatic nitrogens is 2. The Bertz CT molecular complexity index is 1090. The molecule has 1 saturated heterocycles. The van der Waals surface area contributed by atoms with E-state index in [1.165, 1.54) is 12.8 Å². The van der Waals surface area contributed by atoms with Gasteiger partial charge in [-0.25, -0.2) is 9.97 Å². The molecular formula is C24H25N5OS. The molecule has 2 aromatic heterocycles. The van der Waals surface area contributed by atoms with Crippen LogP contribution in [0.15, 0.2) is 53.5 Å². The molecule has 1 fully saturated rings. The molecule has 3 atom stereocenters. The second-order valence-electron chi connectivity index (χ2n) is 8.64. The first-order valence-electron chi connectivity index (χ1n) is 11.0. The first kappa shape index (κ1) is 18.8. The lowest BCUT2D eigenvalue weighted by Gasteiger charge is -2.45. The van der Waals surface area contributed by atoms with Gasteiger partial charge in [0.1, 0.15) is 5.69 Å². The molecule has 158 valence electrons. The van der Waals surface area contributed by atoms with Gasteiger partial charge < -0.3 is 15.1 Å². The van der Waals surface area contributed by atoms with Crippen LogP contribution in [-0.2, 0) is 11.2 Å². The number of fused-ring (bicyclic) bond motifs is 4. The molecule has 1 amide bonds. The fourth-order valence-corrected chi connectivity index (χ4v) is 5.83. The Balaban J connectivity index is 1.38. The van der Waals surface area contributed by atoms with E-state index in [2.05, 4.69) is 39.9 Å². The van der Waals surface area contributed by atoms with Gasteiger partial charge in [0.05, 0.1) is 18.7 Å². The summed E-state index contributed by atoms with van der Waals surface area (Å²) in [5.74, 6) is 2.06. The van der Waals surface area contributed by atoms with Gasteiger partial charge >= 0.3 is 0 Å². The van der Waals surface area contributed by atoms with E-state index in [4.69, 9.17) is 9.97 Å². The van der Waals surface area contributed by atoms with Crippen molar-refractivity contribution in [3.63, 3.8) is 0 Å². The summed E-state index contributed by atoms with van der Waals surface area (Å²) in [6.45, 7) is 1.72. The highest BCUT2D eigenvalue weighted by atomic mass is 32.1. The lowest BCUT2D eigenvalue weighted by molar-refractivity contribution is -0.118. The van der Waals surface area contributed by atoms with Crippen molar-refractivity contribution in [2.24, 2.45) is 5.92 Å². The molecule has 7 heteroatoms. The van der Waals surface area contributed by atoms with Crippen LogP contribution in [0.5, 0.6) is 0 Å². The quantitative estimate of drug-likeness (QED) is 0.806. The number of hydrogen-bond donors (Lipinski definition) is 1. The number of amides is 1. The SMILES string of the molecule is O=C(Cc1ccsc1)N1CC2CCCCN2c2nc(C3=CC=CC4NC=CC34)ncc21. The molecule has 0 bridgehead atoms. The first-order valence-corrected chi connectivity index (χ1v) is 12.0. The largest absolute Gasteiger partial charge is 0.384 e. The summed E-state index contributed by atoms with van der Waals surface area (Å²) in [7, 11) is 0. The van der Waals surface area contributed by atoms with Crippen LogP contribution in [0, 0.1) is 5.92 Å². The van der Waals surface area contributed by atoms with E-state index >= 15 is 0 Å². The summed E-state index contributed by atoms with van der Waals surface area (Å²) < 4.78 is 0. The molecule has 6 nitrogen and oxygen atoms in total. The van der Waals surface area contributed by atoms with Crippen LogP contribution in [0.25, 0.3) is 5.57 Å². The molecule has 1 aliphatic carbocycles. The Labute approximate surface area is 186 Å². The van der Waals surface area contributed by atoms with Gasteiger partial charge in [0, 0.05) is 30.6 Å².